The number of unbranched alkanes of at least 4 members (excludes halogenated alkanes) is 1. The van der Waals surface area contributed by atoms with Crippen LogP contribution in [0.2, 0.25) is 0 Å². The molecule has 1 fully saturated rings. The fourth-order valence-electron chi connectivity index (χ4n) is 2.21. The molecule has 1 aliphatic carbocycles. The molecule has 0 aromatic rings. The number of hydrogen-bond acceptors (Lipinski definition) is 1. The van der Waals surface area contributed by atoms with E-state index >= 15 is 0 Å². The molecule has 1 rings (SSSR count). The number of allylic oxidation sites excluding steroid dienone is 2. The summed E-state index contributed by atoms with van der Waals surface area (Å²) in [6.07, 6.45) is 18.3. The van der Waals surface area contributed by atoms with Crippen molar-refractivity contribution in [1.29, 1.82) is 0 Å². The standard InChI is InChI=1S/C14H25N/c1-3-5-9-13-15(12-4-2)14-10-7-6-8-11-14/h4,9,12-14H,3,5-8,10-11H2,1-2H3/b12-4-,13-9-. The first-order chi connectivity index (χ1) is 7.38. The zero-order valence-corrected chi connectivity index (χ0v) is 10.3. The first-order valence-electron chi connectivity index (χ1n) is 6.45. The predicted molar refractivity (Wildman–Crippen MR) is 67.6 cm³/mol. The summed E-state index contributed by atoms with van der Waals surface area (Å²) >= 11 is 0. The molecule has 0 aliphatic heterocycles. The Labute approximate surface area is 94.9 Å². The van der Waals surface area contributed by atoms with Gasteiger partial charge in [0.2, 0.25) is 0 Å². The summed E-state index contributed by atoms with van der Waals surface area (Å²) in [5.41, 5.74) is 0. The molecule has 15 heavy (non-hydrogen) atoms. The van der Waals surface area contributed by atoms with Crippen molar-refractivity contribution in [1.82, 2.24) is 4.90 Å². The molecule has 0 aromatic heterocycles. The monoisotopic (exact) mass is 207 g/mol. The van der Waals surface area contributed by atoms with Crippen LogP contribution >= 0.6 is 0 Å². The van der Waals surface area contributed by atoms with Crippen LogP contribution < -0.4 is 0 Å². The highest BCUT2D eigenvalue weighted by molar-refractivity contribution is 4.95. The molecule has 0 bridgehead atoms. The maximum absolute atomic E-state index is 2.41. The highest BCUT2D eigenvalue weighted by Gasteiger charge is 2.16. The number of rotatable bonds is 5. The molecule has 1 heteroatoms. The summed E-state index contributed by atoms with van der Waals surface area (Å²) < 4.78 is 0. The second-order valence-corrected chi connectivity index (χ2v) is 4.39. The van der Waals surface area contributed by atoms with Gasteiger partial charge in [0, 0.05) is 6.04 Å². The summed E-state index contributed by atoms with van der Waals surface area (Å²) in [5, 5.41) is 0. The topological polar surface area (TPSA) is 3.24 Å². The van der Waals surface area contributed by atoms with Gasteiger partial charge in [-0.05, 0) is 38.6 Å². The lowest BCUT2D eigenvalue weighted by atomic mass is 9.94. The smallest absolute Gasteiger partial charge is 0.0330 e. The first kappa shape index (κ1) is 12.4. The van der Waals surface area contributed by atoms with Gasteiger partial charge in [-0.3, -0.25) is 0 Å². The summed E-state index contributed by atoms with van der Waals surface area (Å²) in [6, 6.07) is 0.753. The van der Waals surface area contributed by atoms with E-state index in [0.29, 0.717) is 0 Å². The Morgan fingerprint density at radius 1 is 1.13 bits per heavy atom. The van der Waals surface area contributed by atoms with E-state index < -0.39 is 0 Å². The molecule has 0 atom stereocenters. The number of hydrogen-bond donors (Lipinski definition) is 0. The molecule has 0 unspecified atom stereocenters. The van der Waals surface area contributed by atoms with Crippen molar-refractivity contribution in [2.45, 2.75) is 64.8 Å². The fourth-order valence-corrected chi connectivity index (χ4v) is 2.21. The first-order valence-corrected chi connectivity index (χ1v) is 6.45. The second-order valence-electron chi connectivity index (χ2n) is 4.39. The normalized spacial score (nSPS) is 19.1. The van der Waals surface area contributed by atoms with Crippen molar-refractivity contribution in [2.75, 3.05) is 0 Å². The van der Waals surface area contributed by atoms with Crippen LogP contribution in [0, 0.1) is 0 Å². The van der Waals surface area contributed by atoms with E-state index in [2.05, 4.69) is 43.3 Å². The fraction of sp³-hybridized carbons (Fsp3) is 0.714. The van der Waals surface area contributed by atoms with Gasteiger partial charge in [0.1, 0.15) is 0 Å². The minimum atomic E-state index is 0.753. The maximum Gasteiger partial charge on any atom is 0.0330 e. The van der Waals surface area contributed by atoms with E-state index in [9.17, 15) is 0 Å². The summed E-state index contributed by atoms with van der Waals surface area (Å²) in [7, 11) is 0. The molecule has 0 radical (unpaired) electrons. The van der Waals surface area contributed by atoms with Crippen molar-refractivity contribution in [3.63, 3.8) is 0 Å². The molecule has 0 spiro atoms. The maximum atomic E-state index is 2.41. The average Bonchev–Trinajstić information content (AvgIpc) is 2.29. The highest BCUT2D eigenvalue weighted by atomic mass is 15.1. The molecule has 0 aromatic carbocycles. The van der Waals surface area contributed by atoms with E-state index in [0.717, 1.165) is 6.04 Å². The van der Waals surface area contributed by atoms with E-state index in [-0.39, 0.29) is 0 Å². The van der Waals surface area contributed by atoms with Gasteiger partial charge in [0.15, 0.2) is 0 Å². The van der Waals surface area contributed by atoms with E-state index in [1.54, 1.807) is 0 Å². The van der Waals surface area contributed by atoms with Crippen LogP contribution in [0.4, 0.5) is 0 Å². The zero-order chi connectivity index (χ0) is 10.9. The predicted octanol–water partition coefficient (Wildman–Crippen LogP) is 4.47. The largest absolute Gasteiger partial charge is 0.352 e. The van der Waals surface area contributed by atoms with Gasteiger partial charge in [0.05, 0.1) is 0 Å². The average molecular weight is 207 g/mol. The van der Waals surface area contributed by atoms with Crippen molar-refractivity contribution >= 4 is 0 Å². The van der Waals surface area contributed by atoms with Crippen molar-refractivity contribution < 1.29 is 0 Å². The molecular formula is C14H25N. The molecule has 0 saturated heterocycles. The Morgan fingerprint density at radius 2 is 1.87 bits per heavy atom. The minimum Gasteiger partial charge on any atom is -0.352 e. The van der Waals surface area contributed by atoms with Crippen LogP contribution in [0.3, 0.4) is 0 Å². The quantitative estimate of drug-likeness (QED) is 0.643. The van der Waals surface area contributed by atoms with Crippen LogP contribution in [0.15, 0.2) is 24.6 Å². The van der Waals surface area contributed by atoms with Crippen LogP contribution in [-0.2, 0) is 0 Å². The van der Waals surface area contributed by atoms with Crippen LogP contribution in [0.25, 0.3) is 0 Å². The minimum absolute atomic E-state index is 0.753. The van der Waals surface area contributed by atoms with Gasteiger partial charge in [-0.2, -0.15) is 0 Å². The van der Waals surface area contributed by atoms with E-state index in [1.807, 2.05) is 0 Å². The lowest BCUT2D eigenvalue weighted by Gasteiger charge is -2.30. The van der Waals surface area contributed by atoms with Crippen molar-refractivity contribution in [3.8, 4) is 0 Å². The van der Waals surface area contributed by atoms with Crippen LogP contribution in [0.1, 0.15) is 58.8 Å². The lowest BCUT2D eigenvalue weighted by Crippen LogP contribution is -2.28. The zero-order valence-electron chi connectivity index (χ0n) is 10.3. The Kier molecular flexibility index (Phi) is 6.22. The molecule has 86 valence electrons. The Balaban J connectivity index is 2.47. The second kappa shape index (κ2) is 7.56. The molecule has 0 amide bonds. The SMILES string of the molecule is C/C=C\N(/C=C\CCC)C1CCCCC1. The molecule has 1 aliphatic rings. The van der Waals surface area contributed by atoms with Gasteiger partial charge in [-0.1, -0.05) is 44.8 Å². The Morgan fingerprint density at radius 3 is 2.47 bits per heavy atom. The summed E-state index contributed by atoms with van der Waals surface area (Å²) in [5.74, 6) is 0. The molecule has 1 saturated carbocycles. The van der Waals surface area contributed by atoms with Gasteiger partial charge < -0.3 is 4.90 Å². The van der Waals surface area contributed by atoms with E-state index in [1.165, 1.54) is 44.9 Å². The van der Waals surface area contributed by atoms with Crippen LogP contribution in [-0.4, -0.2) is 10.9 Å². The Hall–Kier alpha value is -0.720. The molecule has 0 N–H and O–H groups in total. The van der Waals surface area contributed by atoms with Gasteiger partial charge in [0.25, 0.3) is 0 Å². The molecule has 0 heterocycles. The Bertz CT molecular complexity index is 199. The number of nitrogens with zero attached hydrogens (tertiary/aromatic N) is 1. The summed E-state index contributed by atoms with van der Waals surface area (Å²) in [6.45, 7) is 4.33. The van der Waals surface area contributed by atoms with Gasteiger partial charge >= 0.3 is 0 Å². The lowest BCUT2D eigenvalue weighted by molar-refractivity contribution is 0.276. The van der Waals surface area contributed by atoms with Gasteiger partial charge in [-0.25, -0.2) is 0 Å². The van der Waals surface area contributed by atoms with Gasteiger partial charge in [-0.15, -0.1) is 0 Å². The third-order valence-corrected chi connectivity index (χ3v) is 3.05. The van der Waals surface area contributed by atoms with Crippen molar-refractivity contribution in [3.05, 3.63) is 24.6 Å². The molecule has 1 nitrogen and oxygen atoms in total. The van der Waals surface area contributed by atoms with E-state index in [4.69, 9.17) is 0 Å². The summed E-state index contributed by atoms with van der Waals surface area (Å²) in [4.78, 5) is 2.41. The van der Waals surface area contributed by atoms with Crippen LogP contribution in [0.5, 0.6) is 0 Å². The highest BCUT2D eigenvalue weighted by Crippen LogP contribution is 2.23. The third-order valence-electron chi connectivity index (χ3n) is 3.05. The van der Waals surface area contributed by atoms with Crippen molar-refractivity contribution in [2.24, 2.45) is 0 Å². The third kappa shape index (κ3) is 4.55. The molecular weight excluding hydrogens is 182 g/mol.